The van der Waals surface area contributed by atoms with E-state index in [1.54, 1.807) is 0 Å². The molecule has 0 amide bonds. The van der Waals surface area contributed by atoms with Crippen LogP contribution in [0.4, 0.5) is 10.1 Å². The van der Waals surface area contributed by atoms with Gasteiger partial charge in [-0.3, -0.25) is 9.78 Å². The summed E-state index contributed by atoms with van der Waals surface area (Å²) in [5, 5.41) is 2.99. The summed E-state index contributed by atoms with van der Waals surface area (Å²) in [7, 11) is 0. The summed E-state index contributed by atoms with van der Waals surface area (Å²) in [6.07, 6.45) is 3.00. The van der Waals surface area contributed by atoms with Crippen LogP contribution in [-0.4, -0.2) is 21.6 Å². The molecule has 2 N–H and O–H groups in total. The van der Waals surface area contributed by atoms with Crippen LogP contribution in [0.2, 0.25) is 5.02 Å². The number of aromatic amines is 1. The largest absolute Gasteiger partial charge is 0.376 e. The van der Waals surface area contributed by atoms with Gasteiger partial charge in [0.15, 0.2) is 5.82 Å². The maximum absolute atomic E-state index is 13.6. The molecule has 3 rings (SSSR count). The molecule has 8 heteroatoms. The van der Waals surface area contributed by atoms with Crippen LogP contribution in [0.15, 0.2) is 17.2 Å². The number of hydrogen-bond donors (Lipinski definition) is 2. The van der Waals surface area contributed by atoms with Crippen molar-refractivity contribution in [3.8, 4) is 0 Å². The summed E-state index contributed by atoms with van der Waals surface area (Å²) in [6.45, 7) is 0.974. The molecule has 0 bridgehead atoms. The third-order valence-corrected chi connectivity index (χ3v) is 3.45. The molecule has 0 aliphatic carbocycles. The van der Waals surface area contributed by atoms with Gasteiger partial charge in [0.1, 0.15) is 5.82 Å². The van der Waals surface area contributed by atoms with Gasteiger partial charge in [0, 0.05) is 12.6 Å². The molecule has 2 aromatic heterocycles. The quantitative estimate of drug-likeness (QED) is 0.901. The number of rotatable bonds is 3. The van der Waals surface area contributed by atoms with Gasteiger partial charge in [0.05, 0.1) is 47.9 Å². The minimum Gasteiger partial charge on any atom is -0.376 e. The fraction of sp³-hybridized carbons (Fsp3) is 0.308. The van der Waals surface area contributed by atoms with Crippen molar-refractivity contribution in [3.05, 3.63) is 50.7 Å². The Balaban J connectivity index is 1.83. The van der Waals surface area contributed by atoms with Gasteiger partial charge in [0.2, 0.25) is 0 Å². The van der Waals surface area contributed by atoms with Gasteiger partial charge in [0.25, 0.3) is 5.56 Å². The zero-order valence-corrected chi connectivity index (χ0v) is 11.7. The molecule has 6 nitrogen and oxygen atoms in total. The van der Waals surface area contributed by atoms with Crippen molar-refractivity contribution >= 4 is 17.3 Å². The molecule has 110 valence electrons. The van der Waals surface area contributed by atoms with E-state index in [4.69, 9.17) is 16.3 Å². The van der Waals surface area contributed by atoms with Crippen molar-refractivity contribution in [1.29, 1.82) is 0 Å². The normalized spacial score (nSPS) is 13.8. The number of nitrogens with one attached hydrogen (secondary N) is 2. The molecule has 21 heavy (non-hydrogen) atoms. The van der Waals surface area contributed by atoms with Gasteiger partial charge in [-0.05, 0) is 0 Å². The van der Waals surface area contributed by atoms with Crippen LogP contribution in [-0.2, 0) is 24.3 Å². The van der Waals surface area contributed by atoms with Crippen LogP contribution in [0, 0.1) is 5.82 Å². The number of nitrogens with zero attached hydrogens (tertiary/aromatic N) is 2. The fourth-order valence-electron chi connectivity index (χ4n) is 2.13. The van der Waals surface area contributed by atoms with Crippen LogP contribution in [0.5, 0.6) is 0 Å². The van der Waals surface area contributed by atoms with Crippen molar-refractivity contribution < 1.29 is 9.13 Å². The number of anilines is 1. The number of pyridine rings is 1. The fourth-order valence-corrected chi connectivity index (χ4v) is 2.34. The lowest BCUT2D eigenvalue weighted by Gasteiger charge is -2.16. The Morgan fingerprint density at radius 2 is 2.33 bits per heavy atom. The van der Waals surface area contributed by atoms with Crippen molar-refractivity contribution in [3.63, 3.8) is 0 Å². The van der Waals surface area contributed by atoms with Crippen LogP contribution in [0.3, 0.4) is 0 Å². The molecule has 2 aromatic rings. The molecule has 0 spiro atoms. The Morgan fingerprint density at radius 1 is 1.48 bits per heavy atom. The third-order valence-electron chi connectivity index (χ3n) is 3.17. The number of H-pyrrole nitrogens is 1. The SMILES string of the molecule is O=c1[nH]c(CNc2c(F)cncc2Cl)nc2c1COCC2. The molecule has 1 aliphatic heterocycles. The van der Waals surface area contributed by atoms with Crippen LogP contribution < -0.4 is 10.9 Å². The molecule has 0 unspecified atom stereocenters. The lowest BCUT2D eigenvalue weighted by molar-refractivity contribution is 0.108. The van der Waals surface area contributed by atoms with E-state index in [9.17, 15) is 9.18 Å². The van der Waals surface area contributed by atoms with Gasteiger partial charge in [-0.1, -0.05) is 11.6 Å². The molecular formula is C13H12ClFN4O2. The minimum atomic E-state index is -0.559. The van der Waals surface area contributed by atoms with E-state index in [0.717, 1.165) is 11.9 Å². The molecule has 0 atom stereocenters. The monoisotopic (exact) mass is 310 g/mol. The Hall–Kier alpha value is -1.99. The molecule has 0 fully saturated rings. The van der Waals surface area contributed by atoms with Gasteiger partial charge in [-0.2, -0.15) is 0 Å². The molecule has 0 radical (unpaired) electrons. The standard InChI is InChI=1S/C13H12ClFN4O2/c14-8-3-16-4-9(15)12(8)17-5-11-18-10-1-2-21-6-7(10)13(20)19-11/h3-4H,1-2,5-6H2,(H,16,17)(H,18,19,20). The summed E-state index contributed by atoms with van der Waals surface area (Å²) in [4.78, 5) is 22.6. The van der Waals surface area contributed by atoms with Crippen LogP contribution in [0.25, 0.3) is 0 Å². The highest BCUT2D eigenvalue weighted by Gasteiger charge is 2.16. The lowest BCUT2D eigenvalue weighted by Crippen LogP contribution is -2.26. The summed E-state index contributed by atoms with van der Waals surface area (Å²) in [5.74, 6) is -0.135. The Bertz CT molecular complexity index is 714. The third kappa shape index (κ3) is 2.88. The predicted molar refractivity (Wildman–Crippen MR) is 74.7 cm³/mol. The average Bonchev–Trinajstić information content (AvgIpc) is 2.47. The van der Waals surface area contributed by atoms with E-state index in [-0.39, 0.29) is 29.4 Å². The van der Waals surface area contributed by atoms with Gasteiger partial charge in [-0.15, -0.1) is 0 Å². The van der Waals surface area contributed by atoms with E-state index < -0.39 is 5.82 Å². The van der Waals surface area contributed by atoms with Crippen LogP contribution in [0.1, 0.15) is 17.1 Å². The van der Waals surface area contributed by atoms with Gasteiger partial charge >= 0.3 is 0 Å². The topological polar surface area (TPSA) is 79.9 Å². The maximum atomic E-state index is 13.6. The molecule has 1 aliphatic rings. The summed E-state index contributed by atoms with van der Waals surface area (Å²) in [5.41, 5.74) is 1.19. The molecule has 3 heterocycles. The van der Waals surface area contributed by atoms with Gasteiger partial charge in [-0.25, -0.2) is 9.37 Å². The number of hydrogen-bond acceptors (Lipinski definition) is 5. The highest BCUT2D eigenvalue weighted by atomic mass is 35.5. The number of halogens is 2. The molecule has 0 saturated heterocycles. The first kappa shape index (κ1) is 14.0. The first-order chi connectivity index (χ1) is 10.1. The molecule has 0 saturated carbocycles. The van der Waals surface area contributed by atoms with E-state index in [0.29, 0.717) is 24.4 Å². The molecular weight excluding hydrogens is 299 g/mol. The van der Waals surface area contributed by atoms with E-state index in [1.165, 1.54) is 6.20 Å². The number of fused-ring (bicyclic) bond motifs is 1. The van der Waals surface area contributed by atoms with E-state index >= 15 is 0 Å². The van der Waals surface area contributed by atoms with E-state index in [1.807, 2.05) is 0 Å². The number of aromatic nitrogens is 3. The second kappa shape index (κ2) is 5.79. The van der Waals surface area contributed by atoms with Crippen molar-refractivity contribution in [2.45, 2.75) is 19.6 Å². The van der Waals surface area contributed by atoms with Crippen LogP contribution >= 0.6 is 11.6 Å². The average molecular weight is 311 g/mol. The molecule has 0 aromatic carbocycles. The first-order valence-electron chi connectivity index (χ1n) is 6.36. The zero-order chi connectivity index (χ0) is 14.8. The predicted octanol–water partition coefficient (Wildman–Crippen LogP) is 1.64. The van der Waals surface area contributed by atoms with Crippen molar-refractivity contribution in [2.24, 2.45) is 0 Å². The summed E-state index contributed by atoms with van der Waals surface area (Å²) in [6, 6.07) is 0. The second-order valence-electron chi connectivity index (χ2n) is 4.57. The second-order valence-corrected chi connectivity index (χ2v) is 4.98. The van der Waals surface area contributed by atoms with Gasteiger partial charge < -0.3 is 15.0 Å². The van der Waals surface area contributed by atoms with Crippen molar-refractivity contribution in [1.82, 2.24) is 15.0 Å². The summed E-state index contributed by atoms with van der Waals surface area (Å²) >= 11 is 5.87. The van der Waals surface area contributed by atoms with E-state index in [2.05, 4.69) is 20.3 Å². The minimum absolute atomic E-state index is 0.135. The smallest absolute Gasteiger partial charge is 0.256 e. The van der Waals surface area contributed by atoms with Crippen molar-refractivity contribution in [2.75, 3.05) is 11.9 Å². The Morgan fingerprint density at radius 3 is 3.14 bits per heavy atom. The highest BCUT2D eigenvalue weighted by Crippen LogP contribution is 2.23. The Kier molecular flexibility index (Phi) is 3.85. The maximum Gasteiger partial charge on any atom is 0.256 e. The number of ether oxygens (including phenoxy) is 1. The first-order valence-corrected chi connectivity index (χ1v) is 6.74. The zero-order valence-electron chi connectivity index (χ0n) is 10.9. The summed E-state index contributed by atoms with van der Waals surface area (Å²) < 4.78 is 18.8. The lowest BCUT2D eigenvalue weighted by atomic mass is 10.1. The Labute approximate surface area is 124 Å². The highest BCUT2D eigenvalue weighted by molar-refractivity contribution is 6.33.